The third kappa shape index (κ3) is 3.73. The molecule has 0 atom stereocenters. The third-order valence-corrected chi connectivity index (χ3v) is 6.24. The van der Waals surface area contributed by atoms with Crippen LogP contribution < -0.4 is 5.32 Å². The van der Waals surface area contributed by atoms with Crippen LogP contribution in [0.15, 0.2) is 76.1 Å². The van der Waals surface area contributed by atoms with Gasteiger partial charge in [0.05, 0.1) is 22.4 Å². The minimum atomic E-state index is -0.208. The van der Waals surface area contributed by atoms with Crippen molar-refractivity contribution in [2.75, 3.05) is 5.32 Å². The van der Waals surface area contributed by atoms with E-state index in [2.05, 4.69) is 16.1 Å². The SMILES string of the molecule is O=C(Nc1ccc(Cl)cc1)c1ccc2nc(-c3ccsc3)c(-c3ccsc3)nc2c1. The summed E-state index contributed by atoms with van der Waals surface area (Å²) in [5.41, 5.74) is 6.36. The maximum atomic E-state index is 12.7. The highest BCUT2D eigenvalue weighted by atomic mass is 35.5. The molecule has 1 N–H and O–H groups in total. The van der Waals surface area contributed by atoms with Crippen molar-refractivity contribution in [2.24, 2.45) is 0 Å². The molecule has 0 saturated heterocycles. The maximum absolute atomic E-state index is 12.7. The molecule has 0 bridgehead atoms. The second kappa shape index (κ2) is 7.99. The van der Waals surface area contributed by atoms with Crippen LogP contribution in [0.2, 0.25) is 5.02 Å². The van der Waals surface area contributed by atoms with E-state index in [1.807, 2.05) is 29.0 Å². The average molecular weight is 448 g/mol. The Hall–Kier alpha value is -3.06. The number of fused-ring (bicyclic) bond motifs is 1. The molecule has 0 aliphatic rings. The number of hydrogen-bond donors (Lipinski definition) is 1. The molecule has 1 amide bonds. The number of rotatable bonds is 4. The van der Waals surface area contributed by atoms with Crippen molar-refractivity contribution in [3.63, 3.8) is 0 Å². The number of amides is 1. The topological polar surface area (TPSA) is 54.9 Å². The highest BCUT2D eigenvalue weighted by Crippen LogP contribution is 2.33. The van der Waals surface area contributed by atoms with Gasteiger partial charge in [-0.05, 0) is 65.4 Å². The van der Waals surface area contributed by atoms with E-state index in [1.54, 1.807) is 59.1 Å². The number of halogens is 1. The molecule has 3 heterocycles. The van der Waals surface area contributed by atoms with Gasteiger partial charge in [0.25, 0.3) is 5.91 Å². The predicted molar refractivity (Wildman–Crippen MR) is 126 cm³/mol. The summed E-state index contributed by atoms with van der Waals surface area (Å²) in [6.45, 7) is 0. The summed E-state index contributed by atoms with van der Waals surface area (Å²) >= 11 is 9.16. The summed E-state index contributed by atoms with van der Waals surface area (Å²) in [7, 11) is 0. The number of carbonyl (C=O) groups excluding carboxylic acids is 1. The summed E-state index contributed by atoms with van der Waals surface area (Å²) in [4.78, 5) is 22.5. The normalized spacial score (nSPS) is 11.0. The summed E-state index contributed by atoms with van der Waals surface area (Å²) in [6.07, 6.45) is 0. The van der Waals surface area contributed by atoms with Gasteiger partial charge >= 0.3 is 0 Å². The Kier molecular flexibility index (Phi) is 5.04. The van der Waals surface area contributed by atoms with Crippen LogP contribution in [0.3, 0.4) is 0 Å². The van der Waals surface area contributed by atoms with E-state index < -0.39 is 0 Å². The zero-order valence-corrected chi connectivity index (χ0v) is 17.9. The second-order valence-corrected chi connectivity index (χ2v) is 8.61. The molecule has 0 fully saturated rings. The molecular formula is C23H14ClN3OS2. The van der Waals surface area contributed by atoms with Gasteiger partial charge in [0.2, 0.25) is 0 Å². The Bertz CT molecular complexity index is 1330. The first kappa shape index (κ1) is 18.9. The van der Waals surface area contributed by atoms with E-state index in [0.29, 0.717) is 21.8 Å². The molecule has 3 aromatic heterocycles. The summed E-state index contributed by atoms with van der Waals surface area (Å²) in [5, 5.41) is 11.7. The van der Waals surface area contributed by atoms with Crippen LogP contribution in [-0.4, -0.2) is 15.9 Å². The average Bonchev–Trinajstić information content (AvgIpc) is 3.48. The fourth-order valence-electron chi connectivity index (χ4n) is 3.13. The molecule has 2 aromatic carbocycles. The van der Waals surface area contributed by atoms with E-state index in [4.69, 9.17) is 21.6 Å². The van der Waals surface area contributed by atoms with Gasteiger partial charge in [-0.25, -0.2) is 9.97 Å². The molecule has 0 aliphatic carbocycles. The second-order valence-electron chi connectivity index (χ2n) is 6.61. The van der Waals surface area contributed by atoms with Gasteiger partial charge in [0.1, 0.15) is 0 Å². The molecule has 0 radical (unpaired) electrons. The first-order valence-electron chi connectivity index (χ1n) is 9.11. The van der Waals surface area contributed by atoms with Gasteiger partial charge in [-0.2, -0.15) is 22.7 Å². The summed E-state index contributed by atoms with van der Waals surface area (Å²) < 4.78 is 0. The van der Waals surface area contributed by atoms with Crippen molar-refractivity contribution in [1.29, 1.82) is 0 Å². The number of nitrogens with one attached hydrogen (secondary N) is 1. The van der Waals surface area contributed by atoms with E-state index >= 15 is 0 Å². The lowest BCUT2D eigenvalue weighted by Crippen LogP contribution is -2.11. The number of aromatic nitrogens is 2. The Morgan fingerprint density at radius 2 is 1.43 bits per heavy atom. The Morgan fingerprint density at radius 3 is 2.03 bits per heavy atom. The van der Waals surface area contributed by atoms with Crippen molar-refractivity contribution in [2.45, 2.75) is 0 Å². The monoisotopic (exact) mass is 447 g/mol. The molecule has 0 unspecified atom stereocenters. The van der Waals surface area contributed by atoms with Crippen LogP contribution in [0.25, 0.3) is 33.5 Å². The highest BCUT2D eigenvalue weighted by molar-refractivity contribution is 7.08. The zero-order chi connectivity index (χ0) is 20.5. The van der Waals surface area contributed by atoms with E-state index in [-0.39, 0.29) is 5.91 Å². The highest BCUT2D eigenvalue weighted by Gasteiger charge is 2.15. The van der Waals surface area contributed by atoms with Crippen LogP contribution in [-0.2, 0) is 0 Å². The van der Waals surface area contributed by atoms with Gasteiger partial charge in [0.15, 0.2) is 0 Å². The van der Waals surface area contributed by atoms with Crippen LogP contribution in [0.1, 0.15) is 10.4 Å². The van der Waals surface area contributed by atoms with Gasteiger partial charge in [-0.3, -0.25) is 4.79 Å². The molecule has 30 heavy (non-hydrogen) atoms. The Balaban J connectivity index is 1.56. The number of benzene rings is 2. The molecule has 4 nitrogen and oxygen atoms in total. The molecular weight excluding hydrogens is 434 g/mol. The fourth-order valence-corrected chi connectivity index (χ4v) is 4.54. The quantitative estimate of drug-likeness (QED) is 0.323. The first-order chi connectivity index (χ1) is 14.7. The lowest BCUT2D eigenvalue weighted by Gasteiger charge is -2.10. The molecule has 0 spiro atoms. The van der Waals surface area contributed by atoms with Gasteiger partial charge in [-0.15, -0.1) is 0 Å². The number of nitrogens with zero attached hydrogens (tertiary/aromatic N) is 2. The van der Waals surface area contributed by atoms with Crippen molar-refractivity contribution in [3.05, 3.63) is 86.7 Å². The van der Waals surface area contributed by atoms with Gasteiger partial charge in [-0.1, -0.05) is 11.6 Å². The molecule has 0 aliphatic heterocycles. The van der Waals surface area contributed by atoms with E-state index in [1.165, 1.54) is 0 Å². The van der Waals surface area contributed by atoms with Gasteiger partial charge in [0, 0.05) is 38.2 Å². The lowest BCUT2D eigenvalue weighted by atomic mass is 10.1. The summed E-state index contributed by atoms with van der Waals surface area (Å²) in [6, 6.07) is 16.5. The Labute approximate surface area is 185 Å². The lowest BCUT2D eigenvalue weighted by molar-refractivity contribution is 0.102. The van der Waals surface area contributed by atoms with Crippen LogP contribution in [0.4, 0.5) is 5.69 Å². The fraction of sp³-hybridized carbons (Fsp3) is 0. The minimum absolute atomic E-state index is 0.208. The molecule has 5 rings (SSSR count). The predicted octanol–water partition coefficient (Wildman–Crippen LogP) is 6.99. The summed E-state index contributed by atoms with van der Waals surface area (Å²) in [5.74, 6) is -0.208. The van der Waals surface area contributed by atoms with Crippen molar-refractivity contribution < 1.29 is 4.79 Å². The zero-order valence-electron chi connectivity index (χ0n) is 15.5. The standard InChI is InChI=1S/C23H14ClN3OS2/c24-17-2-4-18(5-3-17)25-23(28)14-1-6-19-20(11-14)27-22(16-8-10-30-13-16)21(26-19)15-7-9-29-12-15/h1-13H,(H,25,28). The maximum Gasteiger partial charge on any atom is 0.255 e. The molecule has 0 saturated carbocycles. The Morgan fingerprint density at radius 1 is 0.800 bits per heavy atom. The van der Waals surface area contributed by atoms with Crippen molar-refractivity contribution in [1.82, 2.24) is 9.97 Å². The largest absolute Gasteiger partial charge is 0.322 e. The molecule has 7 heteroatoms. The van der Waals surface area contributed by atoms with E-state index in [0.717, 1.165) is 28.0 Å². The third-order valence-electron chi connectivity index (χ3n) is 4.62. The minimum Gasteiger partial charge on any atom is -0.322 e. The molecule has 5 aromatic rings. The van der Waals surface area contributed by atoms with Crippen LogP contribution in [0, 0.1) is 0 Å². The number of hydrogen-bond acceptors (Lipinski definition) is 5. The number of anilines is 1. The van der Waals surface area contributed by atoms with Crippen LogP contribution in [0.5, 0.6) is 0 Å². The molecule has 146 valence electrons. The van der Waals surface area contributed by atoms with Crippen molar-refractivity contribution in [3.8, 4) is 22.5 Å². The van der Waals surface area contributed by atoms with Gasteiger partial charge < -0.3 is 5.32 Å². The number of thiophene rings is 2. The van der Waals surface area contributed by atoms with Crippen molar-refractivity contribution >= 4 is 56.9 Å². The first-order valence-corrected chi connectivity index (χ1v) is 11.4. The van der Waals surface area contributed by atoms with Crippen LogP contribution >= 0.6 is 34.3 Å². The smallest absolute Gasteiger partial charge is 0.255 e. The van der Waals surface area contributed by atoms with E-state index in [9.17, 15) is 4.79 Å². The number of carbonyl (C=O) groups is 1.